The zero-order valence-corrected chi connectivity index (χ0v) is 28.1. The summed E-state index contributed by atoms with van der Waals surface area (Å²) in [6.07, 6.45) is -6.14. The Morgan fingerprint density at radius 3 is 2.11 bits per heavy atom. The summed E-state index contributed by atoms with van der Waals surface area (Å²) in [5, 5.41) is 13.2. The summed E-state index contributed by atoms with van der Waals surface area (Å²) >= 11 is 0. The van der Waals surface area contributed by atoms with Gasteiger partial charge in [-0.05, 0) is 37.1 Å². The molecule has 1 aliphatic heterocycles. The third-order valence-corrected chi connectivity index (χ3v) is 11.0. The van der Waals surface area contributed by atoms with E-state index < -0.39 is 88.1 Å². The maximum absolute atomic E-state index is 15.2. The molecule has 3 aliphatic carbocycles. The number of rotatable bonds is 6. The van der Waals surface area contributed by atoms with Crippen LogP contribution in [0.25, 0.3) is 0 Å². The third kappa shape index (κ3) is 5.00. The Hall–Kier alpha value is -3.18. The highest BCUT2D eigenvalue weighted by atomic mass is 31.0. The molecule has 1 aromatic carbocycles. The van der Waals surface area contributed by atoms with E-state index in [9.17, 15) is 24.3 Å². The first-order valence-electron chi connectivity index (χ1n) is 15.2. The van der Waals surface area contributed by atoms with E-state index in [0.717, 1.165) is 0 Å². The van der Waals surface area contributed by atoms with Crippen molar-refractivity contribution in [1.82, 2.24) is 0 Å². The van der Waals surface area contributed by atoms with Crippen molar-refractivity contribution in [2.45, 2.75) is 103 Å². The highest BCUT2D eigenvalue weighted by Gasteiger charge is 2.78. The van der Waals surface area contributed by atoms with E-state index in [1.165, 1.54) is 20.8 Å². The van der Waals surface area contributed by atoms with Crippen LogP contribution in [0.2, 0.25) is 0 Å². The third-order valence-electron chi connectivity index (χ3n) is 10.6. The summed E-state index contributed by atoms with van der Waals surface area (Å²) in [7, 11) is 2.16. The lowest BCUT2D eigenvalue weighted by atomic mass is 9.44. The molecular formula is C33H41O12P. The number of aliphatic hydroxyl groups is 1. The van der Waals surface area contributed by atoms with Crippen molar-refractivity contribution < 1.29 is 57.3 Å². The van der Waals surface area contributed by atoms with Crippen LogP contribution in [0.15, 0.2) is 41.5 Å². The summed E-state index contributed by atoms with van der Waals surface area (Å²) in [6, 6.07) is 8.13. The summed E-state index contributed by atoms with van der Waals surface area (Å²) in [5.41, 5.74) is -6.01. The highest BCUT2D eigenvalue weighted by molar-refractivity contribution is 7.09. The molecule has 1 N–H and O–H groups in total. The SMILES string of the molecule is CC(=O)O[C@H]1C(=O)[C@]2(C)[C@@H](OP)C[C@H]3OC[C@@]3(OC(C)=O)[C@H]2[C@H](OC(=O)c2ccccc2)[C@]2(O)C[C@H](OC(C)=O)C(C)=C1C2(C)C. The Bertz CT molecular complexity index is 1490. The van der Waals surface area contributed by atoms with E-state index in [2.05, 4.69) is 9.47 Å². The van der Waals surface area contributed by atoms with E-state index in [1.807, 2.05) is 0 Å². The van der Waals surface area contributed by atoms with Crippen LogP contribution in [-0.4, -0.2) is 83.1 Å². The van der Waals surface area contributed by atoms with Crippen molar-refractivity contribution in [1.29, 1.82) is 0 Å². The molecule has 1 unspecified atom stereocenters. The molecule has 1 saturated heterocycles. The molecular weight excluding hydrogens is 619 g/mol. The maximum Gasteiger partial charge on any atom is 0.338 e. The average molecular weight is 661 g/mol. The molecule has 12 nitrogen and oxygen atoms in total. The number of fused-ring (bicyclic) bond motifs is 5. The van der Waals surface area contributed by atoms with E-state index in [1.54, 1.807) is 58.0 Å². The quantitative estimate of drug-likeness (QED) is 0.206. The number of hydrogen-bond acceptors (Lipinski definition) is 12. The second kappa shape index (κ2) is 11.8. The number of carbonyl (C=O) groups excluding carboxylic acids is 5. The van der Waals surface area contributed by atoms with Crippen molar-refractivity contribution in [3.8, 4) is 0 Å². The Balaban J connectivity index is 1.88. The standard InChI is InChI=1S/C33H41O12P/c1-16-21(41-17(2)34)14-33(39)28(43-29(38)20-11-9-8-10-12-20)26-31(7,27(37)25(42-18(3)35)24(16)30(33,5)6)22(45-46)13-23-32(26,15-40-23)44-19(4)36/h8-12,21-23,25-26,28,39H,13-15,46H2,1-7H3/t21-,22-,23+,25+,26-,28-,31+,32-,33+/m0/s1. The van der Waals surface area contributed by atoms with Gasteiger partial charge in [0.05, 0.1) is 29.6 Å². The van der Waals surface area contributed by atoms with E-state index in [4.69, 9.17) is 28.2 Å². The zero-order valence-electron chi connectivity index (χ0n) is 27.0. The molecule has 2 saturated carbocycles. The molecule has 0 amide bonds. The summed E-state index contributed by atoms with van der Waals surface area (Å²) in [6.45, 7) is 9.99. The lowest BCUT2D eigenvalue weighted by Crippen LogP contribution is -2.82. The number of hydrogen-bond donors (Lipinski definition) is 1. The molecule has 250 valence electrons. The van der Waals surface area contributed by atoms with Gasteiger partial charge in [0, 0.05) is 48.5 Å². The highest BCUT2D eigenvalue weighted by Crippen LogP contribution is 2.65. The van der Waals surface area contributed by atoms with Gasteiger partial charge in [0.2, 0.25) is 0 Å². The van der Waals surface area contributed by atoms with Crippen LogP contribution in [0.4, 0.5) is 0 Å². The Labute approximate surface area is 269 Å². The van der Waals surface area contributed by atoms with Crippen LogP contribution >= 0.6 is 9.47 Å². The molecule has 3 fully saturated rings. The van der Waals surface area contributed by atoms with Crippen LogP contribution in [-0.2, 0) is 47.4 Å². The van der Waals surface area contributed by atoms with Gasteiger partial charge in [0.25, 0.3) is 0 Å². The molecule has 46 heavy (non-hydrogen) atoms. The van der Waals surface area contributed by atoms with Gasteiger partial charge in [-0.1, -0.05) is 32.0 Å². The van der Waals surface area contributed by atoms with Gasteiger partial charge in [-0.15, -0.1) is 0 Å². The molecule has 1 heterocycles. The fourth-order valence-electron chi connectivity index (χ4n) is 8.39. The number of esters is 4. The first kappa shape index (κ1) is 34.2. The number of carbonyl (C=O) groups is 5. The Morgan fingerprint density at radius 1 is 0.957 bits per heavy atom. The number of ketones is 1. The van der Waals surface area contributed by atoms with Gasteiger partial charge in [0.15, 0.2) is 17.5 Å². The lowest BCUT2D eigenvalue weighted by Gasteiger charge is -2.67. The minimum absolute atomic E-state index is 0.0948. The summed E-state index contributed by atoms with van der Waals surface area (Å²) < 4.78 is 35.7. The van der Waals surface area contributed by atoms with Crippen LogP contribution < -0.4 is 0 Å². The van der Waals surface area contributed by atoms with Crippen LogP contribution in [0, 0.1) is 16.7 Å². The molecule has 13 heteroatoms. The summed E-state index contributed by atoms with van der Waals surface area (Å²) in [4.78, 5) is 66.9. The van der Waals surface area contributed by atoms with Crippen molar-refractivity contribution >= 4 is 39.1 Å². The molecule has 10 atom stereocenters. The Kier molecular flexibility index (Phi) is 8.77. The van der Waals surface area contributed by atoms with Crippen molar-refractivity contribution in [2.75, 3.05) is 6.61 Å². The first-order chi connectivity index (χ1) is 21.5. The predicted octanol–water partition coefficient (Wildman–Crippen LogP) is 3.04. The molecule has 4 aliphatic rings. The second-order valence-corrected chi connectivity index (χ2v) is 13.7. The van der Waals surface area contributed by atoms with E-state index in [-0.39, 0.29) is 30.6 Å². The smallest absolute Gasteiger partial charge is 0.338 e. The Morgan fingerprint density at radius 2 is 1.59 bits per heavy atom. The molecule has 1 aromatic rings. The number of Topliss-reactive ketones (excluding diaryl/α,β-unsaturated/α-hetero) is 1. The molecule has 2 bridgehead atoms. The average Bonchev–Trinajstić information content (AvgIpc) is 2.96. The molecule has 0 aromatic heterocycles. The van der Waals surface area contributed by atoms with Gasteiger partial charge in [-0.2, -0.15) is 0 Å². The van der Waals surface area contributed by atoms with Gasteiger partial charge >= 0.3 is 23.9 Å². The van der Waals surface area contributed by atoms with Crippen LogP contribution in [0.5, 0.6) is 0 Å². The van der Waals surface area contributed by atoms with Crippen LogP contribution in [0.1, 0.15) is 71.7 Å². The monoisotopic (exact) mass is 660 g/mol. The number of ether oxygens (including phenoxy) is 5. The van der Waals surface area contributed by atoms with Gasteiger partial charge in [0.1, 0.15) is 23.9 Å². The van der Waals surface area contributed by atoms with Gasteiger partial charge in [-0.3, -0.25) is 19.2 Å². The largest absolute Gasteiger partial charge is 0.458 e. The minimum Gasteiger partial charge on any atom is -0.458 e. The molecule has 5 rings (SSSR count). The number of benzene rings is 1. The van der Waals surface area contributed by atoms with Crippen molar-refractivity contribution in [3.63, 3.8) is 0 Å². The fraction of sp³-hybridized carbons (Fsp3) is 0.606. The topological polar surface area (TPSA) is 161 Å². The predicted molar refractivity (Wildman–Crippen MR) is 163 cm³/mol. The maximum atomic E-state index is 15.2. The zero-order chi connectivity index (χ0) is 34.0. The first-order valence-corrected chi connectivity index (χ1v) is 15.7. The van der Waals surface area contributed by atoms with E-state index >= 15 is 4.79 Å². The normalized spacial score (nSPS) is 37.7. The van der Waals surface area contributed by atoms with Gasteiger partial charge in [-0.25, -0.2) is 4.79 Å². The van der Waals surface area contributed by atoms with Crippen molar-refractivity contribution in [2.24, 2.45) is 16.7 Å². The lowest BCUT2D eigenvalue weighted by molar-refractivity contribution is -0.343. The van der Waals surface area contributed by atoms with Crippen LogP contribution in [0.3, 0.4) is 0 Å². The fourth-order valence-corrected chi connectivity index (χ4v) is 8.79. The molecule has 0 radical (unpaired) electrons. The van der Waals surface area contributed by atoms with E-state index in [0.29, 0.717) is 5.57 Å². The minimum atomic E-state index is -2.10. The van der Waals surface area contributed by atoms with Gasteiger partial charge < -0.3 is 33.3 Å². The van der Waals surface area contributed by atoms with Crippen molar-refractivity contribution in [3.05, 3.63) is 47.0 Å². The molecule has 0 spiro atoms. The summed E-state index contributed by atoms with van der Waals surface area (Å²) in [5.74, 6) is -4.81. The second-order valence-electron chi connectivity index (χ2n) is 13.5.